The third kappa shape index (κ3) is 2.34. The van der Waals surface area contributed by atoms with Gasteiger partial charge in [0.1, 0.15) is 17.0 Å². The van der Waals surface area contributed by atoms with E-state index < -0.39 is 0 Å². The molecule has 0 aliphatic heterocycles. The molecule has 2 aromatic rings. The second-order valence-electron chi connectivity index (χ2n) is 2.52. The molecule has 0 fully saturated rings. The average molecular weight is 240 g/mol. The molecule has 0 aromatic carbocycles. The Balaban J connectivity index is 2.29. The van der Waals surface area contributed by atoms with E-state index in [1.54, 1.807) is 18.5 Å². The Morgan fingerprint density at radius 3 is 2.60 bits per heavy atom. The van der Waals surface area contributed by atoms with E-state index in [0.29, 0.717) is 15.9 Å². The highest BCUT2D eigenvalue weighted by Gasteiger charge is 2.08. The van der Waals surface area contributed by atoms with Crippen molar-refractivity contribution >= 4 is 29.1 Å². The van der Waals surface area contributed by atoms with Crippen molar-refractivity contribution in [2.45, 2.75) is 10.2 Å². The summed E-state index contributed by atoms with van der Waals surface area (Å²) in [6, 6.07) is 1.74. The zero-order valence-electron chi connectivity index (χ0n) is 7.46. The van der Waals surface area contributed by atoms with Crippen molar-refractivity contribution in [3.05, 3.63) is 29.9 Å². The summed E-state index contributed by atoms with van der Waals surface area (Å²) in [5, 5.41) is 1.36. The molecule has 0 unspecified atom stereocenters. The first-order valence-electron chi connectivity index (χ1n) is 3.98. The number of rotatable bonds is 2. The molecule has 2 rings (SSSR count). The minimum absolute atomic E-state index is 0.239. The number of nitrogens with zero attached hydrogens (tertiary/aromatic N) is 4. The molecule has 5 nitrogen and oxygen atoms in total. The van der Waals surface area contributed by atoms with Gasteiger partial charge in [-0.1, -0.05) is 11.6 Å². The maximum absolute atomic E-state index is 5.75. The zero-order valence-corrected chi connectivity index (χ0v) is 9.03. The molecule has 0 saturated carbocycles. The molecule has 0 amide bonds. The van der Waals surface area contributed by atoms with Gasteiger partial charge in [0.05, 0.1) is 0 Å². The van der Waals surface area contributed by atoms with Crippen LogP contribution in [-0.4, -0.2) is 19.9 Å². The van der Waals surface area contributed by atoms with E-state index in [4.69, 9.17) is 17.3 Å². The molecule has 15 heavy (non-hydrogen) atoms. The highest BCUT2D eigenvalue weighted by Crippen LogP contribution is 2.30. The van der Waals surface area contributed by atoms with Crippen LogP contribution in [0.3, 0.4) is 0 Å². The van der Waals surface area contributed by atoms with Crippen LogP contribution in [0.5, 0.6) is 0 Å². The van der Waals surface area contributed by atoms with Crippen LogP contribution in [0.2, 0.25) is 5.15 Å². The lowest BCUT2D eigenvalue weighted by Crippen LogP contribution is -1.96. The minimum atomic E-state index is 0.239. The Morgan fingerprint density at radius 1 is 1.13 bits per heavy atom. The third-order valence-corrected chi connectivity index (χ3v) is 2.74. The van der Waals surface area contributed by atoms with Gasteiger partial charge < -0.3 is 5.73 Å². The molecule has 7 heteroatoms. The van der Waals surface area contributed by atoms with Gasteiger partial charge in [0, 0.05) is 12.4 Å². The molecule has 0 bridgehead atoms. The molecule has 2 heterocycles. The molecule has 0 atom stereocenters. The SMILES string of the molecule is Nc1c(Cl)ncnc1Sc1ncccn1. The van der Waals surface area contributed by atoms with E-state index in [1.165, 1.54) is 18.1 Å². The van der Waals surface area contributed by atoms with Crippen LogP contribution in [0.1, 0.15) is 0 Å². The van der Waals surface area contributed by atoms with Gasteiger partial charge >= 0.3 is 0 Å². The fourth-order valence-electron chi connectivity index (χ4n) is 0.865. The lowest BCUT2D eigenvalue weighted by atomic mass is 10.6. The molecule has 76 valence electrons. The zero-order chi connectivity index (χ0) is 10.7. The molecule has 0 spiro atoms. The highest BCUT2D eigenvalue weighted by atomic mass is 35.5. The first kappa shape index (κ1) is 10.1. The summed E-state index contributed by atoms with van der Waals surface area (Å²) >= 11 is 7.00. The maximum Gasteiger partial charge on any atom is 0.193 e. The average Bonchev–Trinajstić information content (AvgIpc) is 2.26. The summed E-state index contributed by atoms with van der Waals surface area (Å²) in [5.41, 5.74) is 6.04. The second-order valence-corrected chi connectivity index (χ2v) is 3.83. The van der Waals surface area contributed by atoms with E-state index in [-0.39, 0.29) is 5.15 Å². The van der Waals surface area contributed by atoms with Gasteiger partial charge in [0.2, 0.25) is 0 Å². The van der Waals surface area contributed by atoms with Crippen LogP contribution >= 0.6 is 23.4 Å². The summed E-state index contributed by atoms with van der Waals surface area (Å²) in [5.74, 6) is 0. The normalized spacial score (nSPS) is 10.2. The van der Waals surface area contributed by atoms with E-state index in [1.807, 2.05) is 0 Å². The van der Waals surface area contributed by atoms with Gasteiger partial charge in [-0.05, 0) is 17.8 Å². The Labute approximate surface area is 95.1 Å². The van der Waals surface area contributed by atoms with Crippen molar-refractivity contribution in [2.75, 3.05) is 5.73 Å². The second kappa shape index (κ2) is 4.41. The van der Waals surface area contributed by atoms with E-state index in [9.17, 15) is 0 Å². The van der Waals surface area contributed by atoms with Crippen molar-refractivity contribution in [1.29, 1.82) is 0 Å². The topological polar surface area (TPSA) is 77.6 Å². The number of aromatic nitrogens is 4. The monoisotopic (exact) mass is 239 g/mol. The summed E-state index contributed by atoms with van der Waals surface area (Å²) in [6.07, 6.45) is 4.65. The van der Waals surface area contributed by atoms with Gasteiger partial charge in [-0.15, -0.1) is 0 Å². The smallest absolute Gasteiger partial charge is 0.193 e. The number of hydrogen-bond acceptors (Lipinski definition) is 6. The number of halogens is 1. The highest BCUT2D eigenvalue weighted by molar-refractivity contribution is 7.99. The summed E-state index contributed by atoms with van der Waals surface area (Å²) in [6.45, 7) is 0. The fourth-order valence-corrected chi connectivity index (χ4v) is 1.76. The van der Waals surface area contributed by atoms with Gasteiger partial charge in [-0.25, -0.2) is 19.9 Å². The standard InChI is InChI=1S/C8H6ClN5S/c9-6-5(10)7(14-4-13-6)15-8-11-2-1-3-12-8/h1-4H,10H2. The number of nitrogens with two attached hydrogens (primary N) is 1. The van der Waals surface area contributed by atoms with Gasteiger partial charge in [-0.2, -0.15) is 0 Å². The van der Waals surface area contributed by atoms with Crippen LogP contribution in [0, 0.1) is 0 Å². The molecule has 2 N–H and O–H groups in total. The Hall–Kier alpha value is -1.40. The van der Waals surface area contributed by atoms with Gasteiger partial charge in [0.15, 0.2) is 10.3 Å². The first-order valence-corrected chi connectivity index (χ1v) is 5.17. The molecule has 0 radical (unpaired) electrons. The Kier molecular flexibility index (Phi) is 2.98. The number of hydrogen-bond donors (Lipinski definition) is 1. The summed E-state index contributed by atoms with van der Waals surface area (Å²) < 4.78 is 0. The van der Waals surface area contributed by atoms with E-state index >= 15 is 0 Å². The molecular formula is C8H6ClN5S. The van der Waals surface area contributed by atoms with Crippen molar-refractivity contribution in [1.82, 2.24) is 19.9 Å². The molecule has 0 aliphatic rings. The molecule has 0 saturated heterocycles. The van der Waals surface area contributed by atoms with Crippen LogP contribution in [-0.2, 0) is 0 Å². The van der Waals surface area contributed by atoms with Crippen molar-refractivity contribution < 1.29 is 0 Å². The van der Waals surface area contributed by atoms with Gasteiger partial charge in [-0.3, -0.25) is 0 Å². The van der Waals surface area contributed by atoms with E-state index in [0.717, 1.165) is 0 Å². The first-order chi connectivity index (χ1) is 7.27. The van der Waals surface area contributed by atoms with E-state index in [2.05, 4.69) is 19.9 Å². The molecule has 2 aromatic heterocycles. The Morgan fingerprint density at radius 2 is 1.87 bits per heavy atom. The summed E-state index contributed by atoms with van der Waals surface area (Å²) in [4.78, 5) is 15.8. The van der Waals surface area contributed by atoms with Crippen molar-refractivity contribution in [2.24, 2.45) is 0 Å². The van der Waals surface area contributed by atoms with Crippen LogP contribution in [0.15, 0.2) is 35.0 Å². The molecular weight excluding hydrogens is 234 g/mol. The largest absolute Gasteiger partial charge is 0.394 e. The van der Waals surface area contributed by atoms with Crippen LogP contribution in [0.25, 0.3) is 0 Å². The number of anilines is 1. The minimum Gasteiger partial charge on any atom is -0.394 e. The van der Waals surface area contributed by atoms with Crippen LogP contribution < -0.4 is 5.73 Å². The predicted octanol–water partition coefficient (Wildman–Crippen LogP) is 1.65. The van der Waals surface area contributed by atoms with Crippen molar-refractivity contribution in [3.8, 4) is 0 Å². The predicted molar refractivity (Wildman–Crippen MR) is 57.6 cm³/mol. The number of nitrogen functional groups attached to an aromatic ring is 1. The molecule has 0 aliphatic carbocycles. The lowest BCUT2D eigenvalue weighted by Gasteiger charge is -2.02. The summed E-state index contributed by atoms with van der Waals surface area (Å²) in [7, 11) is 0. The fraction of sp³-hybridized carbons (Fsp3) is 0. The lowest BCUT2D eigenvalue weighted by molar-refractivity contribution is 0.957. The van der Waals surface area contributed by atoms with Crippen LogP contribution in [0.4, 0.5) is 5.69 Å². The maximum atomic E-state index is 5.75. The quantitative estimate of drug-likeness (QED) is 0.634. The van der Waals surface area contributed by atoms with Gasteiger partial charge in [0.25, 0.3) is 0 Å². The third-order valence-electron chi connectivity index (χ3n) is 1.53. The Bertz CT molecular complexity index is 464. The van der Waals surface area contributed by atoms with Crippen molar-refractivity contribution in [3.63, 3.8) is 0 Å².